The van der Waals surface area contributed by atoms with Crippen LogP contribution in [0, 0.1) is 5.92 Å². The van der Waals surface area contributed by atoms with Crippen molar-refractivity contribution < 1.29 is 18.4 Å². The molecule has 20 heavy (non-hydrogen) atoms. The number of halogens is 2. The molecule has 1 heterocycles. The lowest BCUT2D eigenvalue weighted by Crippen LogP contribution is -2.71. The minimum absolute atomic E-state index is 0.0506. The SMILES string of the molecule is CCC(C)C1NC(=O)C2(CCCC2)N(CC(F)F)C1=O. The maximum absolute atomic E-state index is 12.8. The molecule has 0 aromatic rings. The van der Waals surface area contributed by atoms with E-state index in [0.717, 1.165) is 12.8 Å². The lowest BCUT2D eigenvalue weighted by molar-refractivity contribution is -0.161. The average molecular weight is 288 g/mol. The molecule has 0 bridgehead atoms. The van der Waals surface area contributed by atoms with Gasteiger partial charge in [0.15, 0.2) is 0 Å². The Morgan fingerprint density at radius 1 is 1.35 bits per heavy atom. The number of hydrogen-bond acceptors (Lipinski definition) is 2. The third-order valence-corrected chi connectivity index (χ3v) is 4.72. The summed E-state index contributed by atoms with van der Waals surface area (Å²) in [6.45, 7) is 3.14. The molecule has 0 radical (unpaired) electrons. The fraction of sp³-hybridized carbons (Fsp3) is 0.857. The lowest BCUT2D eigenvalue weighted by atomic mass is 9.86. The minimum atomic E-state index is -2.61. The van der Waals surface area contributed by atoms with E-state index in [9.17, 15) is 18.4 Å². The maximum Gasteiger partial charge on any atom is 0.255 e. The molecular weight excluding hydrogens is 266 g/mol. The summed E-state index contributed by atoms with van der Waals surface area (Å²) in [5.41, 5.74) is -1.03. The number of rotatable bonds is 4. The van der Waals surface area contributed by atoms with Crippen LogP contribution in [0.25, 0.3) is 0 Å². The van der Waals surface area contributed by atoms with Crippen molar-refractivity contribution in [3.8, 4) is 0 Å². The monoisotopic (exact) mass is 288 g/mol. The largest absolute Gasteiger partial charge is 0.342 e. The van der Waals surface area contributed by atoms with Gasteiger partial charge in [-0.2, -0.15) is 0 Å². The number of nitrogens with zero attached hydrogens (tertiary/aromatic N) is 1. The maximum atomic E-state index is 12.8. The van der Waals surface area contributed by atoms with Crippen LogP contribution in [0.3, 0.4) is 0 Å². The summed E-state index contributed by atoms with van der Waals surface area (Å²) >= 11 is 0. The van der Waals surface area contributed by atoms with Crippen LogP contribution in [0.1, 0.15) is 46.0 Å². The second kappa shape index (κ2) is 5.66. The normalized spacial score (nSPS) is 27.2. The van der Waals surface area contributed by atoms with Crippen LogP contribution >= 0.6 is 0 Å². The Morgan fingerprint density at radius 3 is 2.45 bits per heavy atom. The number of hydrogen-bond donors (Lipinski definition) is 1. The number of alkyl halides is 2. The van der Waals surface area contributed by atoms with Crippen LogP contribution in [0.5, 0.6) is 0 Å². The molecule has 4 nitrogen and oxygen atoms in total. The van der Waals surface area contributed by atoms with Gasteiger partial charge in [-0.1, -0.05) is 33.1 Å². The molecule has 1 saturated heterocycles. The van der Waals surface area contributed by atoms with E-state index >= 15 is 0 Å². The smallest absolute Gasteiger partial charge is 0.255 e. The third kappa shape index (κ3) is 2.40. The van der Waals surface area contributed by atoms with Crippen molar-refractivity contribution in [2.75, 3.05) is 6.54 Å². The Bertz CT molecular complexity index is 395. The van der Waals surface area contributed by atoms with Gasteiger partial charge < -0.3 is 10.2 Å². The molecule has 0 aromatic carbocycles. The Balaban J connectivity index is 2.31. The van der Waals surface area contributed by atoms with Gasteiger partial charge in [0.25, 0.3) is 6.43 Å². The molecule has 2 atom stereocenters. The van der Waals surface area contributed by atoms with Gasteiger partial charge in [-0.05, 0) is 18.8 Å². The standard InChI is InChI=1S/C14H22F2N2O2/c1-3-9(2)11-12(19)18(8-10(15)16)14(13(20)17-11)6-4-5-7-14/h9-11H,3-8H2,1-2H3,(H,17,20). The van der Waals surface area contributed by atoms with Crippen molar-refractivity contribution in [1.29, 1.82) is 0 Å². The van der Waals surface area contributed by atoms with Crippen molar-refractivity contribution in [3.63, 3.8) is 0 Å². The summed E-state index contributed by atoms with van der Waals surface area (Å²) in [6, 6.07) is -0.669. The molecule has 2 amide bonds. The van der Waals surface area contributed by atoms with Crippen molar-refractivity contribution >= 4 is 11.8 Å². The Labute approximate surface area is 117 Å². The summed E-state index contributed by atoms with van der Waals surface area (Å²) in [4.78, 5) is 26.1. The molecule has 1 spiro atoms. The lowest BCUT2D eigenvalue weighted by Gasteiger charge is -2.47. The summed E-state index contributed by atoms with van der Waals surface area (Å²) < 4.78 is 25.7. The van der Waals surface area contributed by atoms with Gasteiger partial charge in [0.05, 0.1) is 6.54 Å². The van der Waals surface area contributed by atoms with Gasteiger partial charge in [-0.15, -0.1) is 0 Å². The molecular formula is C14H22F2N2O2. The highest BCUT2D eigenvalue weighted by Gasteiger charge is 2.54. The van der Waals surface area contributed by atoms with Gasteiger partial charge in [0, 0.05) is 0 Å². The van der Waals surface area contributed by atoms with Crippen LogP contribution in [-0.4, -0.2) is 41.3 Å². The van der Waals surface area contributed by atoms with E-state index in [1.54, 1.807) is 0 Å². The number of nitrogens with one attached hydrogen (secondary N) is 1. The van der Waals surface area contributed by atoms with Gasteiger partial charge in [-0.25, -0.2) is 8.78 Å². The molecule has 2 fully saturated rings. The Kier molecular flexibility index (Phi) is 4.30. The molecule has 1 saturated carbocycles. The number of carbonyl (C=O) groups excluding carboxylic acids is 2. The predicted molar refractivity (Wildman–Crippen MR) is 70.3 cm³/mol. The quantitative estimate of drug-likeness (QED) is 0.859. The summed E-state index contributed by atoms with van der Waals surface area (Å²) in [5.74, 6) is -0.646. The summed E-state index contributed by atoms with van der Waals surface area (Å²) in [5, 5.41) is 2.78. The predicted octanol–water partition coefficient (Wildman–Crippen LogP) is 1.94. The average Bonchev–Trinajstić information content (AvgIpc) is 2.89. The van der Waals surface area contributed by atoms with Crippen LogP contribution in [0.2, 0.25) is 0 Å². The first kappa shape index (κ1) is 15.2. The van der Waals surface area contributed by atoms with Crippen LogP contribution in [-0.2, 0) is 9.59 Å². The highest BCUT2D eigenvalue weighted by molar-refractivity contribution is 6.00. The highest BCUT2D eigenvalue weighted by atomic mass is 19.3. The van der Waals surface area contributed by atoms with E-state index in [1.807, 2.05) is 13.8 Å². The summed E-state index contributed by atoms with van der Waals surface area (Å²) in [7, 11) is 0. The van der Waals surface area contributed by atoms with Crippen molar-refractivity contribution in [2.24, 2.45) is 5.92 Å². The van der Waals surface area contributed by atoms with Crippen molar-refractivity contribution in [2.45, 2.75) is 64.0 Å². The van der Waals surface area contributed by atoms with Gasteiger partial charge in [-0.3, -0.25) is 9.59 Å². The fourth-order valence-corrected chi connectivity index (χ4v) is 3.32. The zero-order valence-corrected chi connectivity index (χ0v) is 12.0. The highest BCUT2D eigenvalue weighted by Crippen LogP contribution is 2.39. The summed E-state index contributed by atoms with van der Waals surface area (Å²) in [6.07, 6.45) is 0.685. The fourth-order valence-electron chi connectivity index (χ4n) is 3.32. The van der Waals surface area contributed by atoms with E-state index in [0.29, 0.717) is 19.3 Å². The molecule has 114 valence electrons. The number of carbonyl (C=O) groups is 2. The topological polar surface area (TPSA) is 49.4 Å². The van der Waals surface area contributed by atoms with E-state index in [2.05, 4.69) is 5.32 Å². The first-order valence-corrected chi connectivity index (χ1v) is 7.33. The van der Waals surface area contributed by atoms with Crippen LogP contribution in [0.15, 0.2) is 0 Å². The van der Waals surface area contributed by atoms with Crippen molar-refractivity contribution in [3.05, 3.63) is 0 Å². The first-order valence-electron chi connectivity index (χ1n) is 7.33. The first-order chi connectivity index (χ1) is 9.42. The van der Waals surface area contributed by atoms with E-state index in [1.165, 1.54) is 4.90 Å². The van der Waals surface area contributed by atoms with E-state index in [-0.39, 0.29) is 17.7 Å². The Morgan fingerprint density at radius 2 is 1.95 bits per heavy atom. The molecule has 6 heteroatoms. The van der Waals surface area contributed by atoms with E-state index in [4.69, 9.17) is 0 Å². The van der Waals surface area contributed by atoms with Gasteiger partial charge >= 0.3 is 0 Å². The second-order valence-electron chi connectivity index (χ2n) is 5.92. The molecule has 2 unspecified atom stereocenters. The minimum Gasteiger partial charge on any atom is -0.342 e. The second-order valence-corrected chi connectivity index (χ2v) is 5.92. The third-order valence-electron chi connectivity index (χ3n) is 4.72. The molecule has 1 aliphatic carbocycles. The van der Waals surface area contributed by atoms with Crippen molar-refractivity contribution in [1.82, 2.24) is 10.2 Å². The molecule has 1 N–H and O–H groups in total. The zero-order chi connectivity index (χ0) is 14.9. The molecule has 2 aliphatic rings. The molecule has 1 aliphatic heterocycles. The van der Waals surface area contributed by atoms with Crippen LogP contribution in [0.4, 0.5) is 8.78 Å². The number of amides is 2. The van der Waals surface area contributed by atoms with Crippen LogP contribution < -0.4 is 5.32 Å². The van der Waals surface area contributed by atoms with E-state index < -0.39 is 24.6 Å². The van der Waals surface area contributed by atoms with Gasteiger partial charge in [0.1, 0.15) is 11.6 Å². The number of piperazine rings is 1. The van der Waals surface area contributed by atoms with Gasteiger partial charge in [0.2, 0.25) is 11.8 Å². The molecule has 2 rings (SSSR count). The zero-order valence-electron chi connectivity index (χ0n) is 12.0. The Hall–Kier alpha value is -1.20. The molecule has 0 aromatic heterocycles.